The van der Waals surface area contributed by atoms with E-state index in [1.165, 1.54) is 24.3 Å². The van der Waals surface area contributed by atoms with E-state index in [1.807, 2.05) is 31.2 Å². The number of carbonyl (C=O) groups excluding carboxylic acids is 1. The minimum atomic E-state index is -3.67. The number of hydrogen-bond donors (Lipinski definition) is 1. The summed E-state index contributed by atoms with van der Waals surface area (Å²) in [6.07, 6.45) is 5.09. The van der Waals surface area contributed by atoms with Crippen LogP contribution in [0.3, 0.4) is 0 Å². The van der Waals surface area contributed by atoms with Crippen LogP contribution in [0.1, 0.15) is 17.3 Å². The Morgan fingerprint density at radius 1 is 1.07 bits per heavy atom. The monoisotopic (exact) mass is 427 g/mol. The lowest BCUT2D eigenvalue weighted by Gasteiger charge is -2.36. The molecule has 1 heterocycles. The number of hydrogen-bond acceptors (Lipinski definition) is 5. The van der Waals surface area contributed by atoms with E-state index in [0.29, 0.717) is 25.3 Å². The van der Waals surface area contributed by atoms with Crippen molar-refractivity contribution in [2.24, 2.45) is 0 Å². The highest BCUT2D eigenvalue weighted by atomic mass is 32.2. The highest BCUT2D eigenvalue weighted by molar-refractivity contribution is 7.89. The molecule has 1 N–H and O–H groups in total. The van der Waals surface area contributed by atoms with Crippen molar-refractivity contribution in [3.63, 3.8) is 0 Å². The molecule has 0 aliphatic carbocycles. The lowest BCUT2D eigenvalue weighted by Crippen LogP contribution is -2.48. The van der Waals surface area contributed by atoms with Gasteiger partial charge in [0.05, 0.1) is 18.0 Å². The number of anilines is 1. The number of ether oxygens (including phenoxy) is 1. The summed E-state index contributed by atoms with van der Waals surface area (Å²) < 4.78 is 31.9. The predicted octanol–water partition coefficient (Wildman–Crippen LogP) is 1.96. The highest BCUT2D eigenvalue weighted by Gasteiger charge is 2.23. The number of piperazine rings is 1. The zero-order valence-electron chi connectivity index (χ0n) is 16.9. The van der Waals surface area contributed by atoms with E-state index in [9.17, 15) is 13.2 Å². The Labute approximate surface area is 177 Å². The summed E-state index contributed by atoms with van der Waals surface area (Å²) in [6.45, 7) is 5.14. The van der Waals surface area contributed by atoms with E-state index in [0.717, 1.165) is 24.5 Å². The van der Waals surface area contributed by atoms with Gasteiger partial charge in [0.1, 0.15) is 5.75 Å². The number of nitrogens with zero attached hydrogens (tertiary/aromatic N) is 2. The van der Waals surface area contributed by atoms with Gasteiger partial charge in [-0.15, -0.1) is 6.42 Å². The third-order valence-corrected chi connectivity index (χ3v) is 6.27. The second-order valence-corrected chi connectivity index (χ2v) is 8.53. The average molecular weight is 428 g/mol. The fraction of sp³-hybridized carbons (Fsp3) is 0.318. The molecule has 158 valence electrons. The standard InChI is InChI=1S/C22H25N3O4S/c1-3-13-23-30(27,28)21-11-5-18(6-12-21)22(26)25-16-14-24(15-17-25)19-7-9-20(10-8-19)29-4-2/h1,5-12,23H,4,13-17H2,2H3. The Morgan fingerprint density at radius 3 is 2.27 bits per heavy atom. The second kappa shape index (κ2) is 9.65. The van der Waals surface area contributed by atoms with Gasteiger partial charge >= 0.3 is 0 Å². The fourth-order valence-electron chi connectivity index (χ4n) is 3.27. The molecule has 1 amide bonds. The minimum Gasteiger partial charge on any atom is -0.494 e. The first kappa shape index (κ1) is 21.7. The van der Waals surface area contributed by atoms with Crippen LogP contribution in [0.4, 0.5) is 5.69 Å². The molecule has 2 aromatic rings. The quantitative estimate of drug-likeness (QED) is 0.684. The Balaban J connectivity index is 1.59. The smallest absolute Gasteiger partial charge is 0.253 e. The fourth-order valence-corrected chi connectivity index (χ4v) is 4.20. The third-order valence-electron chi connectivity index (χ3n) is 4.86. The molecule has 0 saturated carbocycles. The summed E-state index contributed by atoms with van der Waals surface area (Å²) in [5.74, 6) is 2.96. The first-order valence-electron chi connectivity index (χ1n) is 9.75. The van der Waals surface area contributed by atoms with Crippen LogP contribution in [-0.4, -0.2) is 58.6 Å². The number of nitrogens with one attached hydrogen (secondary N) is 1. The van der Waals surface area contributed by atoms with Gasteiger partial charge in [-0.3, -0.25) is 4.79 Å². The molecule has 0 unspecified atom stereocenters. The SMILES string of the molecule is C#CCNS(=O)(=O)c1ccc(C(=O)N2CCN(c3ccc(OCC)cc3)CC2)cc1. The number of benzene rings is 2. The van der Waals surface area contributed by atoms with Crippen LogP contribution in [0.2, 0.25) is 0 Å². The number of carbonyl (C=O) groups is 1. The van der Waals surface area contributed by atoms with Crippen LogP contribution in [0.15, 0.2) is 53.4 Å². The first-order chi connectivity index (χ1) is 14.4. The van der Waals surface area contributed by atoms with Crippen molar-refractivity contribution in [2.45, 2.75) is 11.8 Å². The van der Waals surface area contributed by atoms with Gasteiger partial charge < -0.3 is 14.5 Å². The average Bonchev–Trinajstić information content (AvgIpc) is 2.78. The molecule has 2 aromatic carbocycles. The van der Waals surface area contributed by atoms with Gasteiger partial charge in [-0.2, -0.15) is 4.72 Å². The zero-order chi connectivity index (χ0) is 21.6. The van der Waals surface area contributed by atoms with E-state index in [1.54, 1.807) is 4.90 Å². The van der Waals surface area contributed by atoms with Crippen molar-refractivity contribution < 1.29 is 17.9 Å². The summed E-state index contributed by atoms with van der Waals surface area (Å²) in [4.78, 5) is 16.9. The number of terminal acetylenes is 1. The molecular weight excluding hydrogens is 402 g/mol. The van der Waals surface area contributed by atoms with E-state index < -0.39 is 10.0 Å². The Kier molecular flexibility index (Phi) is 6.98. The Bertz CT molecular complexity index is 1000. The van der Waals surface area contributed by atoms with Crippen molar-refractivity contribution >= 4 is 21.6 Å². The van der Waals surface area contributed by atoms with Gasteiger partial charge in [-0.25, -0.2) is 8.42 Å². The molecule has 0 atom stereocenters. The molecule has 1 aliphatic heterocycles. The molecular formula is C22H25N3O4S. The van der Waals surface area contributed by atoms with Crippen LogP contribution >= 0.6 is 0 Å². The van der Waals surface area contributed by atoms with Gasteiger partial charge in [-0.1, -0.05) is 5.92 Å². The number of sulfonamides is 1. The van der Waals surface area contributed by atoms with Crippen LogP contribution in [0.5, 0.6) is 5.75 Å². The summed E-state index contributed by atoms with van der Waals surface area (Å²) >= 11 is 0. The van der Waals surface area contributed by atoms with Gasteiger partial charge in [0.15, 0.2) is 0 Å². The summed E-state index contributed by atoms with van der Waals surface area (Å²) in [5.41, 5.74) is 1.56. The van der Waals surface area contributed by atoms with Crippen molar-refractivity contribution in [1.82, 2.24) is 9.62 Å². The maximum absolute atomic E-state index is 12.8. The van der Waals surface area contributed by atoms with Gasteiger partial charge in [-0.05, 0) is 55.5 Å². The molecule has 1 fully saturated rings. The van der Waals surface area contributed by atoms with Crippen molar-refractivity contribution in [1.29, 1.82) is 0 Å². The molecule has 1 aliphatic rings. The number of rotatable bonds is 7. The summed E-state index contributed by atoms with van der Waals surface area (Å²) in [6, 6.07) is 13.8. The van der Waals surface area contributed by atoms with Crippen LogP contribution in [0.25, 0.3) is 0 Å². The zero-order valence-corrected chi connectivity index (χ0v) is 17.7. The predicted molar refractivity (Wildman–Crippen MR) is 116 cm³/mol. The minimum absolute atomic E-state index is 0.0784. The van der Waals surface area contributed by atoms with Crippen LogP contribution in [0, 0.1) is 12.3 Å². The van der Waals surface area contributed by atoms with E-state index in [2.05, 4.69) is 15.5 Å². The van der Waals surface area contributed by atoms with Crippen molar-refractivity contribution in [3.8, 4) is 18.1 Å². The van der Waals surface area contributed by atoms with E-state index >= 15 is 0 Å². The van der Waals surface area contributed by atoms with Crippen molar-refractivity contribution in [3.05, 3.63) is 54.1 Å². The van der Waals surface area contributed by atoms with Crippen LogP contribution in [-0.2, 0) is 10.0 Å². The van der Waals surface area contributed by atoms with Gasteiger partial charge in [0.2, 0.25) is 10.0 Å². The maximum atomic E-state index is 12.8. The molecule has 0 bridgehead atoms. The molecule has 1 saturated heterocycles. The molecule has 0 radical (unpaired) electrons. The molecule has 7 nitrogen and oxygen atoms in total. The normalized spacial score (nSPS) is 14.3. The molecule has 8 heteroatoms. The van der Waals surface area contributed by atoms with E-state index in [4.69, 9.17) is 11.2 Å². The lowest BCUT2D eigenvalue weighted by atomic mass is 10.1. The highest BCUT2D eigenvalue weighted by Crippen LogP contribution is 2.21. The maximum Gasteiger partial charge on any atom is 0.253 e. The largest absolute Gasteiger partial charge is 0.494 e. The number of amides is 1. The Hall–Kier alpha value is -3.02. The topological polar surface area (TPSA) is 79.0 Å². The lowest BCUT2D eigenvalue weighted by molar-refractivity contribution is 0.0746. The summed E-state index contributed by atoms with van der Waals surface area (Å²) in [5, 5.41) is 0. The third kappa shape index (κ3) is 5.12. The molecule has 0 aromatic heterocycles. The molecule has 3 rings (SSSR count). The van der Waals surface area contributed by atoms with Gasteiger partial charge in [0, 0.05) is 37.4 Å². The first-order valence-corrected chi connectivity index (χ1v) is 11.2. The van der Waals surface area contributed by atoms with Gasteiger partial charge in [0.25, 0.3) is 5.91 Å². The van der Waals surface area contributed by atoms with Crippen LogP contribution < -0.4 is 14.4 Å². The Morgan fingerprint density at radius 2 is 1.70 bits per heavy atom. The second-order valence-electron chi connectivity index (χ2n) is 6.76. The van der Waals surface area contributed by atoms with E-state index in [-0.39, 0.29) is 17.3 Å². The molecule has 0 spiro atoms. The van der Waals surface area contributed by atoms with Crippen molar-refractivity contribution in [2.75, 3.05) is 44.2 Å². The molecule has 30 heavy (non-hydrogen) atoms. The summed E-state index contributed by atoms with van der Waals surface area (Å²) in [7, 11) is -3.67.